The maximum atomic E-state index is 14.8. The molecule has 0 unspecified atom stereocenters. The minimum Gasteiger partial charge on any atom is -0.207 e. The lowest BCUT2D eigenvalue weighted by molar-refractivity contribution is 0.227. The summed E-state index contributed by atoms with van der Waals surface area (Å²) in [5.74, 6) is 1.44. The van der Waals surface area contributed by atoms with E-state index in [4.69, 9.17) is 11.6 Å². The second kappa shape index (κ2) is 12.0. The van der Waals surface area contributed by atoms with Crippen LogP contribution in [0.25, 0.3) is 0 Å². The Morgan fingerprint density at radius 2 is 1.26 bits per heavy atom. The van der Waals surface area contributed by atoms with Crippen LogP contribution in [-0.4, -0.2) is 0 Å². The van der Waals surface area contributed by atoms with Gasteiger partial charge in [0, 0.05) is 5.56 Å². The monoisotopic (exact) mass is 490 g/mol. The van der Waals surface area contributed by atoms with Crippen molar-refractivity contribution >= 4 is 11.6 Å². The predicted octanol–water partition coefficient (Wildman–Crippen LogP) is 9.81. The number of rotatable bonds is 8. The van der Waals surface area contributed by atoms with Gasteiger partial charge in [-0.2, -0.15) is 0 Å². The number of halogens is 4. The highest BCUT2D eigenvalue weighted by Gasteiger charge is 2.26. The Morgan fingerprint density at radius 1 is 0.706 bits per heavy atom. The highest BCUT2D eigenvalue weighted by atomic mass is 35.5. The van der Waals surface area contributed by atoms with Crippen molar-refractivity contribution in [1.82, 2.24) is 0 Å². The molecule has 2 aliphatic carbocycles. The molecular weight excluding hydrogens is 453 g/mol. The molecule has 186 valence electrons. The van der Waals surface area contributed by atoms with Gasteiger partial charge in [0.25, 0.3) is 0 Å². The van der Waals surface area contributed by atoms with Gasteiger partial charge < -0.3 is 0 Å². The fraction of sp³-hybridized carbons (Fsp3) is 0.600. The van der Waals surface area contributed by atoms with Crippen LogP contribution in [0.3, 0.4) is 0 Å². The molecule has 2 aromatic carbocycles. The molecule has 0 aromatic heterocycles. The maximum absolute atomic E-state index is 14.8. The van der Waals surface area contributed by atoms with E-state index in [0.29, 0.717) is 12.0 Å². The molecule has 0 nitrogen and oxygen atoms in total. The summed E-state index contributed by atoms with van der Waals surface area (Å²) >= 11 is 5.72. The lowest BCUT2D eigenvalue weighted by Gasteiger charge is -2.32. The van der Waals surface area contributed by atoms with Gasteiger partial charge >= 0.3 is 0 Å². The van der Waals surface area contributed by atoms with Gasteiger partial charge in [0.2, 0.25) is 0 Å². The van der Waals surface area contributed by atoms with Gasteiger partial charge in [-0.15, -0.1) is 0 Å². The molecule has 2 saturated carbocycles. The predicted molar refractivity (Wildman–Crippen MR) is 135 cm³/mol. The molecule has 0 spiro atoms. The molecule has 0 atom stereocenters. The van der Waals surface area contributed by atoms with Crippen LogP contribution in [0, 0.1) is 35.2 Å². The summed E-state index contributed by atoms with van der Waals surface area (Å²) in [5.41, 5.74) is 1.57. The lowest BCUT2D eigenvalue weighted by Crippen LogP contribution is -2.17. The van der Waals surface area contributed by atoms with Gasteiger partial charge in [0.1, 0.15) is 17.5 Å². The van der Waals surface area contributed by atoms with Gasteiger partial charge in [-0.3, -0.25) is 0 Å². The molecule has 2 fully saturated rings. The first-order valence-corrected chi connectivity index (χ1v) is 13.7. The van der Waals surface area contributed by atoms with Crippen LogP contribution in [0.5, 0.6) is 0 Å². The Labute approximate surface area is 208 Å². The van der Waals surface area contributed by atoms with Crippen molar-refractivity contribution < 1.29 is 13.2 Å². The van der Waals surface area contributed by atoms with Crippen molar-refractivity contribution in [2.45, 2.75) is 96.3 Å². The first kappa shape index (κ1) is 25.6. The largest absolute Gasteiger partial charge is 0.207 e. The molecular formula is C30H38ClF3. The van der Waals surface area contributed by atoms with Crippen LogP contribution in [0.15, 0.2) is 30.3 Å². The van der Waals surface area contributed by atoms with Crippen molar-refractivity contribution in [2.24, 2.45) is 17.8 Å². The lowest BCUT2D eigenvalue weighted by atomic mass is 9.74. The minimum absolute atomic E-state index is 0.0549. The van der Waals surface area contributed by atoms with Crippen LogP contribution in [-0.2, 0) is 12.8 Å². The SMILES string of the molecule is CC[C@H]1CC[C@H](CC[C@H]2CC[C@H](c3cc(F)c(CCc4ccc(Cl)c(F)c4)c(F)c3)CC2)CC1. The van der Waals surface area contributed by atoms with E-state index in [-0.39, 0.29) is 22.9 Å². The van der Waals surface area contributed by atoms with Crippen molar-refractivity contribution in [2.75, 3.05) is 0 Å². The molecule has 0 amide bonds. The van der Waals surface area contributed by atoms with Crippen molar-refractivity contribution in [1.29, 1.82) is 0 Å². The Balaban J connectivity index is 1.26. The Bertz CT molecular complexity index is 917. The topological polar surface area (TPSA) is 0 Å². The van der Waals surface area contributed by atoms with Gasteiger partial charge in [0.05, 0.1) is 5.02 Å². The van der Waals surface area contributed by atoms with E-state index >= 15 is 0 Å². The van der Waals surface area contributed by atoms with Crippen molar-refractivity contribution in [3.05, 3.63) is 69.5 Å². The third-order valence-corrected chi connectivity index (χ3v) is 8.96. The maximum Gasteiger partial charge on any atom is 0.142 e. The quantitative estimate of drug-likeness (QED) is 0.345. The first-order valence-electron chi connectivity index (χ1n) is 13.3. The summed E-state index contributed by atoms with van der Waals surface area (Å²) in [4.78, 5) is 0. The zero-order chi connectivity index (χ0) is 24.1. The molecule has 2 aromatic rings. The highest BCUT2D eigenvalue weighted by molar-refractivity contribution is 6.30. The van der Waals surface area contributed by atoms with Crippen LogP contribution >= 0.6 is 11.6 Å². The summed E-state index contributed by atoms with van der Waals surface area (Å²) in [5, 5.41) is 0.0549. The highest BCUT2D eigenvalue weighted by Crippen LogP contribution is 2.40. The number of hydrogen-bond donors (Lipinski definition) is 0. The standard InChI is InChI=1S/C30H38ClF3/c1-2-20-3-5-21(6-4-20)7-8-22-9-13-24(14-10-22)25-18-28(32)26(29(33)19-25)15-11-23-12-16-27(31)30(34)17-23/h12,16-22,24H,2-11,13-15H2,1H3/t20-,21-,22-,24-. The molecule has 4 heteroatoms. The Morgan fingerprint density at radius 3 is 1.82 bits per heavy atom. The van der Waals surface area contributed by atoms with Crippen LogP contribution in [0.1, 0.15) is 100 Å². The molecule has 0 saturated heterocycles. The van der Waals surface area contributed by atoms with Crippen LogP contribution in [0.2, 0.25) is 5.02 Å². The van der Waals surface area contributed by atoms with Crippen molar-refractivity contribution in [3.63, 3.8) is 0 Å². The summed E-state index contributed by atoms with van der Waals surface area (Å²) in [6, 6.07) is 7.59. The molecule has 2 aliphatic rings. The summed E-state index contributed by atoms with van der Waals surface area (Å²) in [7, 11) is 0. The van der Waals surface area contributed by atoms with Gasteiger partial charge in [-0.25, -0.2) is 13.2 Å². The molecule has 0 N–H and O–H groups in total. The second-order valence-corrected chi connectivity index (χ2v) is 11.2. The Hall–Kier alpha value is -1.48. The molecule has 0 aliphatic heterocycles. The summed E-state index contributed by atoms with van der Waals surface area (Å²) in [6.45, 7) is 2.32. The average molecular weight is 491 g/mol. The second-order valence-electron chi connectivity index (χ2n) is 10.8. The van der Waals surface area contributed by atoms with E-state index < -0.39 is 17.5 Å². The summed E-state index contributed by atoms with van der Waals surface area (Å²) in [6.07, 6.45) is 14.6. The summed E-state index contributed by atoms with van der Waals surface area (Å²) < 4.78 is 43.3. The molecule has 0 radical (unpaired) electrons. The van der Waals surface area contributed by atoms with E-state index in [2.05, 4.69) is 6.92 Å². The zero-order valence-electron chi connectivity index (χ0n) is 20.4. The average Bonchev–Trinajstić information content (AvgIpc) is 2.85. The van der Waals surface area contributed by atoms with E-state index in [1.165, 1.54) is 82.1 Å². The molecule has 34 heavy (non-hydrogen) atoms. The smallest absolute Gasteiger partial charge is 0.142 e. The Kier molecular flexibility index (Phi) is 9.02. The van der Waals surface area contributed by atoms with E-state index in [1.54, 1.807) is 6.07 Å². The van der Waals surface area contributed by atoms with Gasteiger partial charge in [-0.1, -0.05) is 69.5 Å². The fourth-order valence-electron chi connectivity index (χ4n) is 6.25. The van der Waals surface area contributed by atoms with E-state index in [1.807, 2.05) is 0 Å². The normalized spacial score (nSPS) is 25.4. The number of benzene rings is 2. The van der Waals surface area contributed by atoms with E-state index in [9.17, 15) is 13.2 Å². The zero-order valence-corrected chi connectivity index (χ0v) is 21.2. The van der Waals surface area contributed by atoms with Gasteiger partial charge in [-0.05, 0) is 97.6 Å². The first-order chi connectivity index (χ1) is 16.4. The number of aryl methyl sites for hydroxylation is 1. The third-order valence-electron chi connectivity index (χ3n) is 8.66. The van der Waals surface area contributed by atoms with Crippen LogP contribution < -0.4 is 0 Å². The van der Waals surface area contributed by atoms with Crippen LogP contribution in [0.4, 0.5) is 13.2 Å². The van der Waals surface area contributed by atoms with Crippen molar-refractivity contribution in [3.8, 4) is 0 Å². The van der Waals surface area contributed by atoms with E-state index in [0.717, 1.165) is 36.2 Å². The molecule has 4 rings (SSSR count). The third kappa shape index (κ3) is 6.59. The molecule has 0 bridgehead atoms. The fourth-order valence-corrected chi connectivity index (χ4v) is 6.36. The number of hydrogen-bond acceptors (Lipinski definition) is 0. The van der Waals surface area contributed by atoms with Gasteiger partial charge in [0.15, 0.2) is 0 Å². The molecule has 0 heterocycles. The minimum atomic E-state index is -0.505.